The molecular weight excluding hydrogens is 318 g/mol. The second-order valence-electron chi connectivity index (χ2n) is 5.67. The number of hydrogen-bond acceptors (Lipinski definition) is 5. The molecule has 1 aromatic heterocycles. The fourth-order valence-electron chi connectivity index (χ4n) is 2.08. The van der Waals surface area contributed by atoms with E-state index in [1.54, 1.807) is 19.4 Å². The monoisotopic (exact) mass is 343 g/mol. The van der Waals surface area contributed by atoms with Gasteiger partial charge in [0, 0.05) is 12.2 Å². The molecule has 2 N–H and O–H groups in total. The highest BCUT2D eigenvalue weighted by molar-refractivity contribution is 5.94. The Morgan fingerprint density at radius 3 is 2.48 bits per heavy atom. The smallest absolute Gasteiger partial charge is 0.252 e. The second-order valence-corrected chi connectivity index (χ2v) is 5.67. The fourth-order valence-corrected chi connectivity index (χ4v) is 2.08. The van der Waals surface area contributed by atoms with Crippen molar-refractivity contribution in [3.05, 3.63) is 48.2 Å². The standard InChI is InChI=1S/C19H25N3O3/c1-4-14(2)22-18-10-5-15(13-21-18)19(23)20-11-12-25-17-8-6-16(24-3)7-9-17/h5-10,13-14H,4,11-12H2,1-3H3,(H,20,23)(H,21,22). The number of aromatic nitrogens is 1. The molecule has 1 atom stereocenters. The molecule has 0 aliphatic rings. The largest absolute Gasteiger partial charge is 0.497 e. The molecule has 0 spiro atoms. The summed E-state index contributed by atoms with van der Waals surface area (Å²) in [4.78, 5) is 16.4. The number of carbonyl (C=O) groups excluding carboxylic acids is 1. The van der Waals surface area contributed by atoms with Gasteiger partial charge in [0.2, 0.25) is 0 Å². The molecule has 1 heterocycles. The summed E-state index contributed by atoms with van der Waals surface area (Å²) in [5.41, 5.74) is 0.527. The first-order valence-electron chi connectivity index (χ1n) is 8.40. The molecule has 0 radical (unpaired) electrons. The fraction of sp³-hybridized carbons (Fsp3) is 0.368. The normalized spacial score (nSPS) is 11.5. The van der Waals surface area contributed by atoms with Gasteiger partial charge in [0.15, 0.2) is 0 Å². The third-order valence-electron chi connectivity index (χ3n) is 3.75. The quantitative estimate of drug-likeness (QED) is 0.685. The van der Waals surface area contributed by atoms with Gasteiger partial charge in [-0.2, -0.15) is 0 Å². The van der Waals surface area contributed by atoms with Gasteiger partial charge in [-0.25, -0.2) is 4.98 Å². The minimum Gasteiger partial charge on any atom is -0.497 e. The van der Waals surface area contributed by atoms with Crippen LogP contribution in [0.1, 0.15) is 30.6 Å². The highest BCUT2D eigenvalue weighted by Gasteiger charge is 2.06. The Morgan fingerprint density at radius 1 is 1.16 bits per heavy atom. The average Bonchev–Trinajstić information content (AvgIpc) is 2.66. The van der Waals surface area contributed by atoms with E-state index in [1.807, 2.05) is 30.3 Å². The van der Waals surface area contributed by atoms with Crippen molar-refractivity contribution in [1.82, 2.24) is 10.3 Å². The van der Waals surface area contributed by atoms with Crippen molar-refractivity contribution >= 4 is 11.7 Å². The summed E-state index contributed by atoms with van der Waals surface area (Å²) < 4.78 is 10.7. The van der Waals surface area contributed by atoms with Crippen LogP contribution in [0.25, 0.3) is 0 Å². The Bertz CT molecular complexity index is 657. The van der Waals surface area contributed by atoms with Gasteiger partial charge in [0.1, 0.15) is 23.9 Å². The minimum absolute atomic E-state index is 0.166. The van der Waals surface area contributed by atoms with E-state index < -0.39 is 0 Å². The predicted octanol–water partition coefficient (Wildman–Crippen LogP) is 3.11. The highest BCUT2D eigenvalue weighted by Crippen LogP contribution is 2.16. The van der Waals surface area contributed by atoms with Gasteiger partial charge in [-0.1, -0.05) is 6.92 Å². The van der Waals surface area contributed by atoms with Crippen molar-refractivity contribution in [3.63, 3.8) is 0 Å². The van der Waals surface area contributed by atoms with Gasteiger partial charge in [-0.3, -0.25) is 4.79 Å². The molecule has 0 aliphatic carbocycles. The molecule has 1 unspecified atom stereocenters. The van der Waals surface area contributed by atoms with Gasteiger partial charge >= 0.3 is 0 Å². The zero-order valence-corrected chi connectivity index (χ0v) is 14.9. The summed E-state index contributed by atoms with van der Waals surface area (Å²) in [6.07, 6.45) is 2.59. The molecule has 134 valence electrons. The van der Waals surface area contributed by atoms with E-state index in [-0.39, 0.29) is 5.91 Å². The maximum Gasteiger partial charge on any atom is 0.252 e. The number of pyridine rings is 1. The number of carbonyl (C=O) groups is 1. The molecule has 6 nitrogen and oxygen atoms in total. The van der Waals surface area contributed by atoms with Gasteiger partial charge in [-0.15, -0.1) is 0 Å². The van der Waals surface area contributed by atoms with Crippen LogP contribution in [-0.2, 0) is 0 Å². The van der Waals surface area contributed by atoms with E-state index in [9.17, 15) is 4.79 Å². The van der Waals surface area contributed by atoms with E-state index in [4.69, 9.17) is 9.47 Å². The third-order valence-corrected chi connectivity index (χ3v) is 3.75. The lowest BCUT2D eigenvalue weighted by Crippen LogP contribution is -2.28. The van der Waals surface area contributed by atoms with Gasteiger partial charge in [-0.05, 0) is 49.7 Å². The maximum absolute atomic E-state index is 12.1. The second kappa shape index (κ2) is 9.52. The van der Waals surface area contributed by atoms with Crippen molar-refractivity contribution in [2.24, 2.45) is 0 Å². The summed E-state index contributed by atoms with van der Waals surface area (Å²) in [6, 6.07) is 11.2. The molecule has 2 aromatic rings. The molecule has 2 rings (SSSR count). The molecule has 0 fully saturated rings. The average molecular weight is 343 g/mol. The summed E-state index contributed by atoms with van der Waals surface area (Å²) >= 11 is 0. The lowest BCUT2D eigenvalue weighted by Gasteiger charge is -2.12. The molecular formula is C19H25N3O3. The van der Waals surface area contributed by atoms with Crippen LogP contribution in [-0.4, -0.2) is 37.2 Å². The highest BCUT2D eigenvalue weighted by atomic mass is 16.5. The van der Waals surface area contributed by atoms with E-state index in [2.05, 4.69) is 29.5 Å². The Balaban J connectivity index is 1.74. The maximum atomic E-state index is 12.1. The van der Waals surface area contributed by atoms with Crippen LogP contribution in [0.5, 0.6) is 11.5 Å². The Kier molecular flexibility index (Phi) is 7.07. The van der Waals surface area contributed by atoms with Crippen LogP contribution >= 0.6 is 0 Å². The SMILES string of the molecule is CCC(C)Nc1ccc(C(=O)NCCOc2ccc(OC)cc2)cn1. The molecule has 0 saturated heterocycles. The van der Waals surface area contributed by atoms with Crippen LogP contribution < -0.4 is 20.1 Å². The van der Waals surface area contributed by atoms with Crippen molar-refractivity contribution in [2.45, 2.75) is 26.3 Å². The number of hydrogen-bond donors (Lipinski definition) is 2. The van der Waals surface area contributed by atoms with Gasteiger partial charge < -0.3 is 20.1 Å². The number of methoxy groups -OCH3 is 1. The number of amides is 1. The number of benzene rings is 1. The molecule has 25 heavy (non-hydrogen) atoms. The first-order valence-corrected chi connectivity index (χ1v) is 8.40. The zero-order valence-electron chi connectivity index (χ0n) is 14.9. The molecule has 6 heteroatoms. The number of ether oxygens (including phenoxy) is 2. The van der Waals surface area contributed by atoms with E-state index in [0.29, 0.717) is 24.8 Å². The van der Waals surface area contributed by atoms with Crippen LogP contribution in [0.3, 0.4) is 0 Å². The van der Waals surface area contributed by atoms with E-state index >= 15 is 0 Å². The van der Waals surface area contributed by atoms with Gasteiger partial charge in [0.25, 0.3) is 5.91 Å². The summed E-state index contributed by atoms with van der Waals surface area (Å²) in [5.74, 6) is 2.12. The molecule has 0 saturated carbocycles. The summed E-state index contributed by atoms with van der Waals surface area (Å²) in [6.45, 7) is 5.00. The van der Waals surface area contributed by atoms with Crippen LogP contribution in [0.2, 0.25) is 0 Å². The number of rotatable bonds is 9. The predicted molar refractivity (Wildman–Crippen MR) is 98.4 cm³/mol. The third kappa shape index (κ3) is 5.99. The zero-order chi connectivity index (χ0) is 18.1. The first kappa shape index (κ1) is 18.6. The number of anilines is 1. The number of nitrogens with zero attached hydrogens (tertiary/aromatic N) is 1. The van der Waals surface area contributed by atoms with E-state index in [0.717, 1.165) is 23.7 Å². The Hall–Kier alpha value is -2.76. The molecule has 0 aliphatic heterocycles. The van der Waals surface area contributed by atoms with Gasteiger partial charge in [0.05, 0.1) is 19.2 Å². The minimum atomic E-state index is -0.166. The van der Waals surface area contributed by atoms with Crippen LogP contribution in [0.4, 0.5) is 5.82 Å². The lowest BCUT2D eigenvalue weighted by atomic mass is 10.2. The Morgan fingerprint density at radius 2 is 1.88 bits per heavy atom. The first-order chi connectivity index (χ1) is 12.1. The van der Waals surface area contributed by atoms with Crippen LogP contribution in [0.15, 0.2) is 42.6 Å². The number of nitrogens with one attached hydrogen (secondary N) is 2. The Labute approximate surface area is 148 Å². The topological polar surface area (TPSA) is 72.5 Å². The summed E-state index contributed by atoms with van der Waals surface area (Å²) in [5, 5.41) is 6.08. The molecule has 1 aromatic carbocycles. The lowest BCUT2D eigenvalue weighted by molar-refractivity contribution is 0.0946. The van der Waals surface area contributed by atoms with E-state index in [1.165, 1.54) is 0 Å². The van der Waals surface area contributed by atoms with Crippen molar-refractivity contribution < 1.29 is 14.3 Å². The van der Waals surface area contributed by atoms with Crippen molar-refractivity contribution in [3.8, 4) is 11.5 Å². The van der Waals surface area contributed by atoms with Crippen molar-refractivity contribution in [2.75, 3.05) is 25.6 Å². The molecule has 1 amide bonds. The van der Waals surface area contributed by atoms with Crippen LogP contribution in [0, 0.1) is 0 Å². The van der Waals surface area contributed by atoms with Crippen molar-refractivity contribution in [1.29, 1.82) is 0 Å². The summed E-state index contributed by atoms with van der Waals surface area (Å²) in [7, 11) is 1.62. The molecule has 0 bridgehead atoms.